The molecule has 0 saturated heterocycles. The highest BCUT2D eigenvalue weighted by atomic mass is 32.2. The summed E-state index contributed by atoms with van der Waals surface area (Å²) in [5.41, 5.74) is 5.98. The number of carbonyl (C=O) groups is 1. The van der Waals surface area contributed by atoms with E-state index in [-0.39, 0.29) is 33.3 Å². The lowest BCUT2D eigenvalue weighted by Crippen LogP contribution is -2.37. The summed E-state index contributed by atoms with van der Waals surface area (Å²) in [5.74, 6) is -3.95. The standard InChI is InChI=1S/C22H20FN6O6PS2/c23-19-18-14(9-24)16(28-20(30)15(25)8-13-10-26-11-27-13)6-7-17(18)37-22(19)38(34,35)29-21(36(31,32)33)12-4-2-1-3-5-12/h1-7,10-11,15,21,29H,8,25H2,(H,26,27)(H,28,30)(H2,31,32,33)/t15-,21?/m0/s1. The zero-order chi connectivity index (χ0) is 27.7. The number of aromatic amines is 1. The van der Waals surface area contributed by atoms with Gasteiger partial charge < -0.3 is 25.8 Å². The highest BCUT2D eigenvalue weighted by Crippen LogP contribution is 2.51. The van der Waals surface area contributed by atoms with E-state index in [1.807, 2.05) is 4.72 Å². The Morgan fingerprint density at radius 2 is 1.97 bits per heavy atom. The number of sulfonamides is 1. The quantitative estimate of drug-likeness (QED) is 0.161. The van der Waals surface area contributed by atoms with Crippen LogP contribution >= 0.6 is 18.9 Å². The lowest BCUT2D eigenvalue weighted by atomic mass is 10.1. The number of nitrogens with two attached hydrogens (primary N) is 1. The van der Waals surface area contributed by atoms with E-state index in [9.17, 15) is 32.8 Å². The number of rotatable bonds is 9. The third-order valence-corrected chi connectivity index (χ3v) is 9.74. The van der Waals surface area contributed by atoms with Crippen LogP contribution in [-0.4, -0.2) is 40.1 Å². The number of amides is 1. The van der Waals surface area contributed by atoms with Gasteiger partial charge in [-0.05, 0) is 17.7 Å². The van der Waals surface area contributed by atoms with Crippen LogP contribution in [0.1, 0.15) is 22.6 Å². The largest absolute Gasteiger partial charge is 0.351 e. The van der Waals surface area contributed by atoms with Crippen LogP contribution in [0.25, 0.3) is 10.1 Å². The number of carbonyl (C=O) groups excluding carboxylic acids is 1. The molecule has 7 N–H and O–H groups in total. The molecule has 0 fully saturated rings. The Labute approximate surface area is 219 Å². The van der Waals surface area contributed by atoms with Crippen LogP contribution in [0, 0.1) is 17.1 Å². The van der Waals surface area contributed by atoms with Gasteiger partial charge in [0.1, 0.15) is 11.9 Å². The number of anilines is 1. The Hall–Kier alpha value is -3.48. The second-order valence-corrected chi connectivity index (χ2v) is 12.7. The smallest absolute Gasteiger partial charge is 0.347 e. The van der Waals surface area contributed by atoms with Crippen molar-refractivity contribution in [3.8, 4) is 6.07 Å². The molecular weight excluding hydrogens is 558 g/mol. The van der Waals surface area contributed by atoms with E-state index in [0.29, 0.717) is 17.0 Å². The van der Waals surface area contributed by atoms with Crippen LogP contribution in [0.3, 0.4) is 0 Å². The molecule has 12 nitrogen and oxygen atoms in total. The molecule has 4 aromatic rings. The van der Waals surface area contributed by atoms with Gasteiger partial charge in [-0.25, -0.2) is 17.8 Å². The van der Waals surface area contributed by atoms with Crippen molar-refractivity contribution < 1.29 is 32.0 Å². The molecule has 0 aliphatic carbocycles. The molecule has 4 rings (SSSR count). The molecule has 2 heterocycles. The second-order valence-electron chi connectivity index (χ2n) is 8.06. The van der Waals surface area contributed by atoms with E-state index >= 15 is 4.39 Å². The fourth-order valence-corrected chi connectivity index (χ4v) is 7.71. The van der Waals surface area contributed by atoms with Gasteiger partial charge in [0.05, 0.1) is 29.3 Å². The van der Waals surface area contributed by atoms with Crippen molar-refractivity contribution in [3.63, 3.8) is 0 Å². The molecule has 2 aromatic heterocycles. The second kappa shape index (κ2) is 10.7. The monoisotopic (exact) mass is 578 g/mol. The lowest BCUT2D eigenvalue weighted by Gasteiger charge is -2.19. The highest BCUT2D eigenvalue weighted by molar-refractivity contribution is 7.92. The van der Waals surface area contributed by atoms with Gasteiger partial charge in [-0.1, -0.05) is 30.3 Å². The summed E-state index contributed by atoms with van der Waals surface area (Å²) in [6.07, 6.45) is 3.07. The molecule has 0 aliphatic rings. The van der Waals surface area contributed by atoms with E-state index in [1.165, 1.54) is 42.7 Å². The molecule has 2 aromatic carbocycles. The number of thiophene rings is 1. The predicted molar refractivity (Wildman–Crippen MR) is 137 cm³/mol. The summed E-state index contributed by atoms with van der Waals surface area (Å²) in [6, 6.07) is 10.5. The van der Waals surface area contributed by atoms with Crippen molar-refractivity contribution in [2.75, 3.05) is 5.32 Å². The maximum absolute atomic E-state index is 15.5. The summed E-state index contributed by atoms with van der Waals surface area (Å²) in [7, 11) is -9.87. The van der Waals surface area contributed by atoms with Gasteiger partial charge in [0, 0.05) is 22.7 Å². The van der Waals surface area contributed by atoms with E-state index in [0.717, 1.165) is 0 Å². The van der Waals surface area contributed by atoms with Crippen molar-refractivity contribution in [1.29, 1.82) is 5.26 Å². The molecule has 16 heteroatoms. The van der Waals surface area contributed by atoms with Gasteiger partial charge in [0.2, 0.25) is 5.91 Å². The third-order valence-electron chi connectivity index (χ3n) is 5.42. The minimum atomic E-state index is -5.06. The number of nitrogens with zero attached hydrogens (tertiary/aromatic N) is 2. The molecule has 38 heavy (non-hydrogen) atoms. The SMILES string of the molecule is N#Cc1c(NC(=O)[C@@H](N)Cc2c[nH]cn2)ccc2sc(S(=O)(=O)NC(c3ccccc3)P(=O)(O)O)c(F)c12. The first-order valence-electron chi connectivity index (χ1n) is 10.7. The average molecular weight is 579 g/mol. The number of H-pyrrole nitrogens is 1. The lowest BCUT2D eigenvalue weighted by molar-refractivity contribution is -0.117. The number of hydrogen-bond acceptors (Lipinski definition) is 8. The van der Waals surface area contributed by atoms with Gasteiger partial charge in [-0.15, -0.1) is 11.3 Å². The van der Waals surface area contributed by atoms with Crippen molar-refractivity contribution >= 4 is 50.6 Å². The predicted octanol–water partition coefficient (Wildman–Crippen LogP) is 2.30. The van der Waals surface area contributed by atoms with Crippen LogP contribution in [0.5, 0.6) is 0 Å². The molecule has 2 atom stereocenters. The Bertz CT molecular complexity index is 1680. The maximum Gasteiger partial charge on any atom is 0.347 e. The number of nitriles is 1. The first kappa shape index (κ1) is 27.6. The van der Waals surface area contributed by atoms with E-state index in [2.05, 4.69) is 15.3 Å². The number of nitrogens with one attached hydrogen (secondary N) is 3. The highest BCUT2D eigenvalue weighted by Gasteiger charge is 2.37. The summed E-state index contributed by atoms with van der Waals surface area (Å²) < 4.78 is 54.9. The summed E-state index contributed by atoms with van der Waals surface area (Å²) in [6.45, 7) is 0. The van der Waals surface area contributed by atoms with Crippen LogP contribution in [-0.2, 0) is 25.8 Å². The zero-order valence-corrected chi connectivity index (χ0v) is 21.7. The number of benzene rings is 2. The average Bonchev–Trinajstić information content (AvgIpc) is 3.50. The molecule has 1 unspecified atom stereocenters. The van der Waals surface area contributed by atoms with Gasteiger partial charge in [-0.3, -0.25) is 9.36 Å². The first-order chi connectivity index (χ1) is 17.9. The number of fused-ring (bicyclic) bond motifs is 1. The summed E-state index contributed by atoms with van der Waals surface area (Å²) >= 11 is 0.466. The van der Waals surface area contributed by atoms with E-state index in [1.54, 1.807) is 18.3 Å². The fraction of sp³-hybridized carbons (Fsp3) is 0.136. The molecule has 0 saturated carbocycles. The number of imidazole rings is 1. The van der Waals surface area contributed by atoms with Crippen LogP contribution in [0.2, 0.25) is 0 Å². The number of halogens is 1. The topological polar surface area (TPSA) is 211 Å². The molecule has 198 valence electrons. The Morgan fingerprint density at radius 1 is 1.26 bits per heavy atom. The summed E-state index contributed by atoms with van der Waals surface area (Å²) in [4.78, 5) is 38.9. The van der Waals surface area contributed by atoms with Crippen LogP contribution in [0.4, 0.5) is 10.1 Å². The van der Waals surface area contributed by atoms with Crippen LogP contribution in [0.15, 0.2) is 59.2 Å². The molecule has 0 aliphatic heterocycles. The maximum atomic E-state index is 15.5. The minimum Gasteiger partial charge on any atom is -0.351 e. The fourth-order valence-electron chi connectivity index (χ4n) is 3.64. The van der Waals surface area contributed by atoms with Crippen LogP contribution < -0.4 is 15.8 Å². The van der Waals surface area contributed by atoms with E-state index in [4.69, 9.17) is 5.73 Å². The van der Waals surface area contributed by atoms with Crippen molar-refractivity contribution in [2.45, 2.75) is 22.5 Å². The molecular formula is C22H20FN6O6PS2. The van der Waals surface area contributed by atoms with Crippen molar-refractivity contribution in [3.05, 3.63) is 77.6 Å². The summed E-state index contributed by atoms with van der Waals surface area (Å²) in [5, 5.41) is 11.8. The van der Waals surface area contributed by atoms with Crippen molar-refractivity contribution in [2.24, 2.45) is 5.73 Å². The number of hydrogen-bond donors (Lipinski definition) is 6. The molecule has 1 amide bonds. The first-order valence-corrected chi connectivity index (χ1v) is 14.7. The Morgan fingerprint density at radius 3 is 2.58 bits per heavy atom. The normalized spacial score (nSPS) is 13.7. The molecule has 0 bridgehead atoms. The molecule has 0 spiro atoms. The zero-order valence-electron chi connectivity index (χ0n) is 19.2. The molecule has 0 radical (unpaired) electrons. The van der Waals surface area contributed by atoms with Crippen molar-refractivity contribution in [1.82, 2.24) is 14.7 Å². The van der Waals surface area contributed by atoms with Gasteiger partial charge >= 0.3 is 7.60 Å². The van der Waals surface area contributed by atoms with E-state index < -0.39 is 45.4 Å². The minimum absolute atomic E-state index is 0.0279. The Balaban J connectivity index is 1.68. The van der Waals surface area contributed by atoms with Gasteiger partial charge in [0.15, 0.2) is 10.0 Å². The van der Waals surface area contributed by atoms with Gasteiger partial charge in [0.25, 0.3) is 10.0 Å². The number of aromatic nitrogens is 2. The Kier molecular flexibility index (Phi) is 7.77. The third kappa shape index (κ3) is 5.66. The van der Waals surface area contributed by atoms with Gasteiger partial charge in [-0.2, -0.15) is 9.98 Å².